The van der Waals surface area contributed by atoms with Crippen LogP contribution in [0.4, 0.5) is 0 Å². The minimum atomic E-state index is 0.278. The highest BCUT2D eigenvalue weighted by molar-refractivity contribution is 5.94. The summed E-state index contributed by atoms with van der Waals surface area (Å²) >= 11 is 0. The Bertz CT molecular complexity index is 123. The number of carbonyl (C=O) groups is 1. The fraction of sp³-hybridized carbons (Fsp3) is 0.625. The van der Waals surface area contributed by atoms with E-state index in [0.717, 1.165) is 12.0 Å². The van der Waals surface area contributed by atoms with Crippen molar-refractivity contribution in [3.05, 3.63) is 11.6 Å². The third-order valence-corrected chi connectivity index (χ3v) is 1.35. The van der Waals surface area contributed by atoms with E-state index in [9.17, 15) is 4.79 Å². The van der Waals surface area contributed by atoms with E-state index in [0.29, 0.717) is 6.42 Å². The first-order chi connectivity index (χ1) is 4.22. The molecule has 0 aromatic rings. The number of allylic oxidation sites excluding steroid dienone is 2. The van der Waals surface area contributed by atoms with Crippen LogP contribution >= 0.6 is 0 Å². The Labute approximate surface area is 56.8 Å². The van der Waals surface area contributed by atoms with Gasteiger partial charge in [-0.3, -0.25) is 4.79 Å². The van der Waals surface area contributed by atoms with E-state index in [1.54, 1.807) is 0 Å². The summed E-state index contributed by atoms with van der Waals surface area (Å²) in [5.74, 6) is 0.278. The first-order valence-electron chi connectivity index (χ1n) is 3.38. The topological polar surface area (TPSA) is 17.1 Å². The summed E-state index contributed by atoms with van der Waals surface area (Å²) < 4.78 is 0. The maximum Gasteiger partial charge on any atom is 0.158 e. The fourth-order valence-corrected chi connectivity index (χ4v) is 0.585. The Morgan fingerprint density at radius 2 is 2.11 bits per heavy atom. The van der Waals surface area contributed by atoms with Gasteiger partial charge in [-0.25, -0.2) is 0 Å². The molecule has 0 unspecified atom stereocenters. The zero-order chi connectivity index (χ0) is 7.28. The van der Waals surface area contributed by atoms with Crippen LogP contribution in [0, 0.1) is 0 Å². The van der Waals surface area contributed by atoms with Gasteiger partial charge in [0.15, 0.2) is 5.78 Å². The maximum atomic E-state index is 10.9. The van der Waals surface area contributed by atoms with Gasteiger partial charge in [-0.05, 0) is 25.8 Å². The first kappa shape index (κ1) is 8.41. The number of rotatable bonds is 3. The molecule has 0 amide bonds. The quantitative estimate of drug-likeness (QED) is 0.530. The van der Waals surface area contributed by atoms with Crippen molar-refractivity contribution in [3.8, 4) is 0 Å². The van der Waals surface area contributed by atoms with Crippen LogP contribution in [0.2, 0.25) is 0 Å². The average Bonchev–Trinajstić information content (AvgIpc) is 1.87. The maximum absolute atomic E-state index is 10.9. The second-order valence-electron chi connectivity index (χ2n) is 2.14. The van der Waals surface area contributed by atoms with Crippen molar-refractivity contribution in [2.24, 2.45) is 0 Å². The summed E-state index contributed by atoms with van der Waals surface area (Å²) in [4.78, 5) is 10.9. The van der Waals surface area contributed by atoms with Gasteiger partial charge >= 0.3 is 0 Å². The highest BCUT2D eigenvalue weighted by atomic mass is 16.1. The van der Waals surface area contributed by atoms with Crippen LogP contribution in [0.1, 0.15) is 33.6 Å². The van der Waals surface area contributed by atoms with E-state index in [-0.39, 0.29) is 5.78 Å². The molecule has 0 bridgehead atoms. The molecule has 0 rings (SSSR count). The molecule has 9 heavy (non-hydrogen) atoms. The normalized spacial score (nSPS) is 11.7. The number of ketones is 1. The van der Waals surface area contributed by atoms with Gasteiger partial charge in [0, 0.05) is 6.42 Å². The van der Waals surface area contributed by atoms with E-state index >= 15 is 0 Å². The smallest absolute Gasteiger partial charge is 0.158 e. The largest absolute Gasteiger partial charge is 0.295 e. The Hall–Kier alpha value is -0.590. The van der Waals surface area contributed by atoms with Crippen LogP contribution in [-0.2, 0) is 4.79 Å². The lowest BCUT2D eigenvalue weighted by atomic mass is 10.1. The molecule has 0 heterocycles. The molecular weight excluding hydrogens is 112 g/mol. The van der Waals surface area contributed by atoms with Crippen molar-refractivity contribution in [2.45, 2.75) is 33.6 Å². The van der Waals surface area contributed by atoms with Crippen LogP contribution in [0.15, 0.2) is 11.6 Å². The lowest BCUT2D eigenvalue weighted by molar-refractivity contribution is -0.115. The molecule has 0 aliphatic carbocycles. The number of hydrogen-bond donors (Lipinski definition) is 0. The summed E-state index contributed by atoms with van der Waals surface area (Å²) in [7, 11) is 0. The highest BCUT2D eigenvalue weighted by Crippen LogP contribution is 1.99. The predicted octanol–water partition coefficient (Wildman–Crippen LogP) is 2.32. The van der Waals surface area contributed by atoms with Gasteiger partial charge in [0.25, 0.3) is 0 Å². The van der Waals surface area contributed by atoms with Gasteiger partial charge in [-0.2, -0.15) is 0 Å². The monoisotopic (exact) mass is 126 g/mol. The summed E-state index contributed by atoms with van der Waals surface area (Å²) in [6.45, 7) is 5.77. The molecule has 0 aliphatic rings. The molecule has 0 saturated heterocycles. The van der Waals surface area contributed by atoms with Crippen LogP contribution in [0.3, 0.4) is 0 Å². The molecule has 0 aromatic heterocycles. The van der Waals surface area contributed by atoms with E-state index in [1.165, 1.54) is 0 Å². The lowest BCUT2D eigenvalue weighted by Crippen LogP contribution is -1.96. The number of hydrogen-bond acceptors (Lipinski definition) is 1. The van der Waals surface area contributed by atoms with Gasteiger partial charge < -0.3 is 0 Å². The number of carbonyl (C=O) groups excluding carboxylic acids is 1. The molecule has 0 saturated carbocycles. The average molecular weight is 126 g/mol. The zero-order valence-electron chi connectivity index (χ0n) is 6.40. The van der Waals surface area contributed by atoms with Crippen molar-refractivity contribution in [1.29, 1.82) is 0 Å². The van der Waals surface area contributed by atoms with Crippen molar-refractivity contribution < 1.29 is 4.79 Å². The van der Waals surface area contributed by atoms with Gasteiger partial charge in [0.05, 0.1) is 0 Å². The highest BCUT2D eigenvalue weighted by Gasteiger charge is 1.99. The second-order valence-corrected chi connectivity index (χ2v) is 2.14. The number of Topliss-reactive ketones (excluding diaryl/α,β-unsaturated/α-hetero) is 1. The third-order valence-electron chi connectivity index (χ3n) is 1.35. The molecule has 0 aliphatic heterocycles. The standard InChI is InChI=1S/C8H14O/c1-4-6-8(9)7(3)5-2/h5H,4,6H2,1-3H3/b7-5-. The minimum Gasteiger partial charge on any atom is -0.295 e. The molecule has 52 valence electrons. The van der Waals surface area contributed by atoms with Gasteiger partial charge in [-0.15, -0.1) is 0 Å². The van der Waals surface area contributed by atoms with Crippen LogP contribution in [0.25, 0.3) is 0 Å². The first-order valence-corrected chi connectivity index (χ1v) is 3.38. The molecule has 0 spiro atoms. The van der Waals surface area contributed by atoms with Crippen molar-refractivity contribution >= 4 is 5.78 Å². The van der Waals surface area contributed by atoms with Crippen molar-refractivity contribution in [2.75, 3.05) is 0 Å². The van der Waals surface area contributed by atoms with E-state index < -0.39 is 0 Å². The molecule has 0 N–H and O–H groups in total. The van der Waals surface area contributed by atoms with Crippen molar-refractivity contribution in [1.82, 2.24) is 0 Å². The SMILES string of the molecule is C/C=C(/C)C(=O)CCC. The van der Waals surface area contributed by atoms with Crippen molar-refractivity contribution in [3.63, 3.8) is 0 Å². The van der Waals surface area contributed by atoms with Gasteiger partial charge in [-0.1, -0.05) is 13.0 Å². The van der Waals surface area contributed by atoms with E-state index in [4.69, 9.17) is 0 Å². The molecule has 0 atom stereocenters. The minimum absolute atomic E-state index is 0.278. The van der Waals surface area contributed by atoms with Crippen LogP contribution in [0.5, 0.6) is 0 Å². The zero-order valence-corrected chi connectivity index (χ0v) is 6.40. The summed E-state index contributed by atoms with van der Waals surface area (Å²) in [5.41, 5.74) is 0.886. The van der Waals surface area contributed by atoms with Gasteiger partial charge in [0.1, 0.15) is 0 Å². The lowest BCUT2D eigenvalue weighted by Gasteiger charge is -1.94. The van der Waals surface area contributed by atoms with E-state index in [2.05, 4.69) is 0 Å². The fourth-order valence-electron chi connectivity index (χ4n) is 0.585. The molecule has 0 radical (unpaired) electrons. The summed E-state index contributed by atoms with van der Waals surface area (Å²) in [6.07, 6.45) is 3.50. The predicted molar refractivity (Wildman–Crippen MR) is 39.3 cm³/mol. The molecular formula is C8H14O. The van der Waals surface area contributed by atoms with E-state index in [1.807, 2.05) is 26.8 Å². The third kappa shape index (κ3) is 3.07. The molecule has 1 heteroatoms. The summed E-state index contributed by atoms with van der Waals surface area (Å²) in [6, 6.07) is 0. The second kappa shape index (κ2) is 4.30. The van der Waals surface area contributed by atoms with Gasteiger partial charge in [0.2, 0.25) is 0 Å². The summed E-state index contributed by atoms with van der Waals surface area (Å²) in [5, 5.41) is 0. The molecule has 0 aromatic carbocycles. The Kier molecular flexibility index (Phi) is 4.02. The Morgan fingerprint density at radius 3 is 2.44 bits per heavy atom. The van der Waals surface area contributed by atoms with Crippen LogP contribution < -0.4 is 0 Å². The molecule has 1 nitrogen and oxygen atoms in total. The Morgan fingerprint density at radius 1 is 1.56 bits per heavy atom. The van der Waals surface area contributed by atoms with Crippen LogP contribution in [-0.4, -0.2) is 5.78 Å². The Balaban J connectivity index is 3.74. The molecule has 0 fully saturated rings.